The van der Waals surface area contributed by atoms with Gasteiger partial charge in [0.15, 0.2) is 0 Å². The lowest BCUT2D eigenvalue weighted by molar-refractivity contribution is 0.373. The minimum absolute atomic E-state index is 0.147. The first-order chi connectivity index (χ1) is 9.85. The molecular formula is C18H25NO. The Bertz CT molecular complexity index is 457. The molecule has 108 valence electrons. The molecule has 2 rings (SSSR count). The van der Waals surface area contributed by atoms with Gasteiger partial charge in [0.1, 0.15) is 5.76 Å². The van der Waals surface area contributed by atoms with Crippen molar-refractivity contribution in [2.24, 2.45) is 0 Å². The quantitative estimate of drug-likeness (QED) is 0.736. The molecule has 2 aromatic rings. The van der Waals surface area contributed by atoms with Crippen molar-refractivity contribution in [1.82, 2.24) is 5.32 Å². The van der Waals surface area contributed by atoms with Crippen molar-refractivity contribution in [3.05, 3.63) is 60.1 Å². The molecule has 20 heavy (non-hydrogen) atoms. The number of nitrogens with one attached hydrogen (secondary N) is 1. The molecule has 0 bridgehead atoms. The van der Waals surface area contributed by atoms with Gasteiger partial charge >= 0.3 is 0 Å². The van der Waals surface area contributed by atoms with Gasteiger partial charge < -0.3 is 9.73 Å². The van der Waals surface area contributed by atoms with Crippen LogP contribution in [0.5, 0.6) is 0 Å². The third kappa shape index (κ3) is 3.97. The average molecular weight is 271 g/mol. The van der Waals surface area contributed by atoms with Gasteiger partial charge in [-0.25, -0.2) is 0 Å². The van der Waals surface area contributed by atoms with Gasteiger partial charge in [-0.1, -0.05) is 57.0 Å². The van der Waals surface area contributed by atoms with Crippen LogP contribution in [0, 0.1) is 0 Å². The second-order valence-corrected chi connectivity index (χ2v) is 5.30. The Labute approximate surface area is 122 Å². The van der Waals surface area contributed by atoms with Gasteiger partial charge in [0, 0.05) is 6.04 Å². The molecule has 2 heteroatoms. The standard InChI is InChI=1S/C18H25NO/c1-3-9-16(10-4-2)19-18(17-13-8-14-20-17)15-11-6-5-7-12-15/h5-8,11-14,16,18-19H,3-4,9-10H2,1-2H3. The van der Waals surface area contributed by atoms with Gasteiger partial charge in [-0.2, -0.15) is 0 Å². The second-order valence-electron chi connectivity index (χ2n) is 5.30. The van der Waals surface area contributed by atoms with Gasteiger partial charge in [0.2, 0.25) is 0 Å². The fourth-order valence-corrected chi connectivity index (χ4v) is 2.69. The van der Waals surface area contributed by atoms with Crippen molar-refractivity contribution in [3.63, 3.8) is 0 Å². The highest BCUT2D eigenvalue weighted by Gasteiger charge is 2.20. The van der Waals surface area contributed by atoms with E-state index >= 15 is 0 Å². The molecule has 0 aliphatic rings. The zero-order chi connectivity index (χ0) is 14.2. The lowest BCUT2D eigenvalue weighted by atomic mass is 10.00. The minimum Gasteiger partial charge on any atom is -0.467 e. The molecule has 0 saturated heterocycles. The highest BCUT2D eigenvalue weighted by molar-refractivity contribution is 5.26. The second kappa shape index (κ2) is 7.91. The number of hydrogen-bond acceptors (Lipinski definition) is 2. The maximum atomic E-state index is 5.64. The highest BCUT2D eigenvalue weighted by atomic mass is 16.3. The van der Waals surface area contributed by atoms with E-state index in [-0.39, 0.29) is 6.04 Å². The third-order valence-corrected chi connectivity index (χ3v) is 3.64. The molecule has 0 radical (unpaired) electrons. The monoisotopic (exact) mass is 271 g/mol. The van der Waals surface area contributed by atoms with Crippen molar-refractivity contribution in [2.45, 2.75) is 51.6 Å². The van der Waals surface area contributed by atoms with Crippen LogP contribution in [-0.2, 0) is 0 Å². The Morgan fingerprint density at radius 2 is 1.65 bits per heavy atom. The first-order valence-corrected chi connectivity index (χ1v) is 7.69. The van der Waals surface area contributed by atoms with Crippen LogP contribution in [0.3, 0.4) is 0 Å². The van der Waals surface area contributed by atoms with Gasteiger partial charge in [-0.05, 0) is 30.5 Å². The Hall–Kier alpha value is -1.54. The van der Waals surface area contributed by atoms with Crippen LogP contribution in [0.4, 0.5) is 0 Å². The summed E-state index contributed by atoms with van der Waals surface area (Å²) in [5.74, 6) is 0.994. The van der Waals surface area contributed by atoms with Gasteiger partial charge in [0.25, 0.3) is 0 Å². The zero-order valence-electron chi connectivity index (χ0n) is 12.5. The van der Waals surface area contributed by atoms with Gasteiger partial charge in [-0.15, -0.1) is 0 Å². The molecule has 0 aliphatic carbocycles. The molecule has 0 aliphatic heterocycles. The summed E-state index contributed by atoms with van der Waals surface area (Å²) in [6.07, 6.45) is 6.58. The molecule has 1 aromatic carbocycles. The Kier molecular flexibility index (Phi) is 5.87. The molecule has 0 fully saturated rings. The smallest absolute Gasteiger partial charge is 0.125 e. The van der Waals surface area contributed by atoms with E-state index in [4.69, 9.17) is 4.42 Å². The summed E-state index contributed by atoms with van der Waals surface area (Å²) in [6.45, 7) is 4.49. The zero-order valence-corrected chi connectivity index (χ0v) is 12.5. The molecule has 1 aromatic heterocycles. The molecule has 2 nitrogen and oxygen atoms in total. The van der Waals surface area contributed by atoms with Crippen molar-refractivity contribution < 1.29 is 4.42 Å². The van der Waals surface area contributed by atoms with Crippen LogP contribution in [0.15, 0.2) is 53.1 Å². The first-order valence-electron chi connectivity index (χ1n) is 7.69. The average Bonchev–Trinajstić information content (AvgIpc) is 3.00. The molecule has 0 saturated carbocycles. The Morgan fingerprint density at radius 1 is 0.950 bits per heavy atom. The summed E-state index contributed by atoms with van der Waals surface area (Å²) >= 11 is 0. The molecule has 1 N–H and O–H groups in total. The summed E-state index contributed by atoms with van der Waals surface area (Å²) in [4.78, 5) is 0. The minimum atomic E-state index is 0.147. The van der Waals surface area contributed by atoms with Crippen LogP contribution in [0.1, 0.15) is 56.9 Å². The lowest BCUT2D eigenvalue weighted by Gasteiger charge is -2.24. The molecular weight excluding hydrogens is 246 g/mol. The predicted octanol–water partition coefficient (Wildman–Crippen LogP) is 4.93. The SMILES string of the molecule is CCCC(CCC)NC(c1ccccc1)c1ccco1. The summed E-state index contributed by atoms with van der Waals surface area (Å²) < 4.78 is 5.64. The van der Waals surface area contributed by atoms with Crippen molar-refractivity contribution in [3.8, 4) is 0 Å². The number of rotatable bonds is 8. The topological polar surface area (TPSA) is 25.2 Å². The summed E-state index contributed by atoms with van der Waals surface area (Å²) in [6, 6.07) is 15.3. The largest absolute Gasteiger partial charge is 0.467 e. The van der Waals surface area contributed by atoms with Crippen LogP contribution in [0.25, 0.3) is 0 Å². The molecule has 1 heterocycles. The predicted molar refractivity (Wildman–Crippen MR) is 83.7 cm³/mol. The fraction of sp³-hybridized carbons (Fsp3) is 0.444. The van der Waals surface area contributed by atoms with E-state index in [1.54, 1.807) is 6.26 Å². The van der Waals surface area contributed by atoms with E-state index < -0.39 is 0 Å². The van der Waals surface area contributed by atoms with Crippen molar-refractivity contribution in [1.29, 1.82) is 0 Å². The highest BCUT2D eigenvalue weighted by Crippen LogP contribution is 2.24. The van der Waals surface area contributed by atoms with E-state index in [9.17, 15) is 0 Å². The molecule has 1 unspecified atom stereocenters. The van der Waals surface area contributed by atoms with Crippen molar-refractivity contribution in [2.75, 3.05) is 0 Å². The number of hydrogen-bond donors (Lipinski definition) is 1. The van der Waals surface area contributed by atoms with Gasteiger partial charge in [-0.3, -0.25) is 0 Å². The Balaban J connectivity index is 2.19. The van der Waals surface area contributed by atoms with E-state index in [1.165, 1.54) is 31.2 Å². The van der Waals surface area contributed by atoms with Crippen LogP contribution >= 0.6 is 0 Å². The van der Waals surface area contributed by atoms with E-state index in [0.29, 0.717) is 6.04 Å². The number of benzene rings is 1. The van der Waals surface area contributed by atoms with E-state index in [2.05, 4.69) is 55.6 Å². The first kappa shape index (κ1) is 14.9. The van der Waals surface area contributed by atoms with E-state index in [0.717, 1.165) is 5.76 Å². The molecule has 1 atom stereocenters. The maximum absolute atomic E-state index is 5.64. The van der Waals surface area contributed by atoms with Crippen molar-refractivity contribution >= 4 is 0 Å². The van der Waals surface area contributed by atoms with E-state index in [1.807, 2.05) is 6.07 Å². The summed E-state index contributed by atoms with van der Waals surface area (Å²) in [7, 11) is 0. The third-order valence-electron chi connectivity index (χ3n) is 3.64. The van der Waals surface area contributed by atoms with Crippen LogP contribution in [-0.4, -0.2) is 6.04 Å². The maximum Gasteiger partial charge on any atom is 0.125 e. The summed E-state index contributed by atoms with van der Waals surface area (Å²) in [5.41, 5.74) is 1.26. The Morgan fingerprint density at radius 3 is 2.20 bits per heavy atom. The van der Waals surface area contributed by atoms with Gasteiger partial charge in [0.05, 0.1) is 12.3 Å². The van der Waals surface area contributed by atoms with Crippen LogP contribution < -0.4 is 5.32 Å². The normalized spacial score (nSPS) is 12.8. The van der Waals surface area contributed by atoms with Crippen LogP contribution in [0.2, 0.25) is 0 Å². The number of furan rings is 1. The molecule has 0 spiro atoms. The lowest BCUT2D eigenvalue weighted by Crippen LogP contribution is -2.33. The molecule has 0 amide bonds. The summed E-state index contributed by atoms with van der Waals surface area (Å²) in [5, 5.41) is 3.78. The fourth-order valence-electron chi connectivity index (χ4n) is 2.69.